The van der Waals surface area contributed by atoms with E-state index in [9.17, 15) is 14.7 Å². The molecule has 7 N–H and O–H groups in total. The average Bonchev–Trinajstić information content (AvgIpc) is 2.92. The van der Waals surface area contributed by atoms with Gasteiger partial charge in [-0.25, -0.2) is 9.59 Å². The summed E-state index contributed by atoms with van der Waals surface area (Å²) in [6, 6.07) is 6.31. The third-order valence-corrected chi connectivity index (χ3v) is 4.64. The normalized spacial score (nSPS) is 14.1. The first kappa shape index (κ1) is 27.7. The first-order valence-corrected chi connectivity index (χ1v) is 9.75. The molecule has 9 heteroatoms. The summed E-state index contributed by atoms with van der Waals surface area (Å²) in [5.41, 5.74) is 3.74. The Kier molecular flexibility index (Phi) is 14.3. The first-order valence-electron chi connectivity index (χ1n) is 9.75. The first-order chi connectivity index (χ1) is 13.9. The van der Waals surface area contributed by atoms with Crippen molar-refractivity contribution in [3.05, 3.63) is 47.0 Å². The van der Waals surface area contributed by atoms with E-state index in [-0.39, 0.29) is 18.7 Å². The predicted octanol–water partition coefficient (Wildman–Crippen LogP) is 0.163. The minimum absolute atomic E-state index is 0. The summed E-state index contributed by atoms with van der Waals surface area (Å²) < 4.78 is 0. The molecule has 9 nitrogen and oxygen atoms in total. The lowest BCUT2D eigenvalue weighted by Gasteiger charge is -2.24. The molecule has 0 bridgehead atoms. The summed E-state index contributed by atoms with van der Waals surface area (Å²) in [7, 11) is 0. The van der Waals surface area contributed by atoms with E-state index >= 15 is 0 Å². The number of aliphatic carboxylic acids is 2. The molecule has 0 heterocycles. The number of rotatable bonds is 9. The van der Waals surface area contributed by atoms with Crippen molar-refractivity contribution in [2.24, 2.45) is 0 Å². The Morgan fingerprint density at radius 2 is 1.47 bits per heavy atom. The van der Waals surface area contributed by atoms with Gasteiger partial charge in [-0.2, -0.15) is 0 Å². The number of aliphatic hydroxyl groups excluding tert-OH is 3. The van der Waals surface area contributed by atoms with Crippen molar-refractivity contribution < 1.29 is 40.6 Å². The van der Waals surface area contributed by atoms with Gasteiger partial charge in [0.1, 0.15) is 0 Å². The molecule has 0 fully saturated rings. The van der Waals surface area contributed by atoms with E-state index in [2.05, 4.69) is 12.1 Å². The Bertz CT molecular complexity index is 655. The van der Waals surface area contributed by atoms with Crippen LogP contribution in [0.5, 0.6) is 0 Å². The molecule has 0 radical (unpaired) electrons. The lowest BCUT2D eigenvalue weighted by atomic mass is 9.97. The van der Waals surface area contributed by atoms with Crippen LogP contribution in [0.4, 0.5) is 0 Å². The molecule has 170 valence electrons. The standard InChI is InChI=1S/C17H27NO3.C4H4O4.H2O/c19-10-8-18(9-11-20)13-17(21)16-7-6-14-4-2-1-3-5-15(14)12-16;5-3(6)1-2-4(7)8;/h6-7,12,17,19-21H,1-5,8-11,13H2;1-2H,(H,5,6)(H,7,8);1H2/b;2-1-;. The highest BCUT2D eigenvalue weighted by atomic mass is 16.4. The zero-order valence-corrected chi connectivity index (χ0v) is 17.0. The lowest BCUT2D eigenvalue weighted by molar-refractivity contribution is -0.134. The number of aliphatic hydroxyl groups is 3. The van der Waals surface area contributed by atoms with Crippen LogP contribution in [0.3, 0.4) is 0 Å². The molecule has 1 aliphatic rings. The second-order valence-electron chi connectivity index (χ2n) is 6.86. The van der Waals surface area contributed by atoms with Gasteiger partial charge in [0.05, 0.1) is 19.3 Å². The summed E-state index contributed by atoms with van der Waals surface area (Å²) in [5.74, 6) is -2.51. The number of hydrogen-bond acceptors (Lipinski definition) is 6. The summed E-state index contributed by atoms with van der Waals surface area (Å²) in [4.78, 5) is 21.0. The molecule has 0 aromatic heterocycles. The van der Waals surface area contributed by atoms with Crippen LogP contribution in [-0.2, 0) is 22.4 Å². The summed E-state index contributed by atoms with van der Waals surface area (Å²) in [6.45, 7) is 1.47. The van der Waals surface area contributed by atoms with Crippen LogP contribution in [0.2, 0.25) is 0 Å². The number of carboxylic acid groups (broad SMARTS) is 2. The smallest absolute Gasteiger partial charge is 0.328 e. The zero-order chi connectivity index (χ0) is 21.6. The largest absolute Gasteiger partial charge is 0.478 e. The van der Waals surface area contributed by atoms with Crippen LogP contribution < -0.4 is 0 Å². The molecule has 1 aliphatic carbocycles. The highest BCUT2D eigenvalue weighted by molar-refractivity contribution is 5.89. The van der Waals surface area contributed by atoms with Gasteiger partial charge in [0.25, 0.3) is 0 Å². The van der Waals surface area contributed by atoms with E-state index in [4.69, 9.17) is 20.4 Å². The topological polar surface area (TPSA) is 170 Å². The van der Waals surface area contributed by atoms with Gasteiger partial charge in [0.2, 0.25) is 0 Å². The van der Waals surface area contributed by atoms with Gasteiger partial charge in [-0.05, 0) is 42.4 Å². The molecule has 1 aromatic carbocycles. The van der Waals surface area contributed by atoms with Gasteiger partial charge < -0.3 is 31.0 Å². The van der Waals surface area contributed by atoms with Crippen molar-refractivity contribution in [1.82, 2.24) is 4.90 Å². The molecule has 0 saturated heterocycles. The van der Waals surface area contributed by atoms with Crippen LogP contribution >= 0.6 is 0 Å². The molecule has 0 amide bonds. The second-order valence-corrected chi connectivity index (χ2v) is 6.86. The van der Waals surface area contributed by atoms with Crippen LogP contribution in [0, 0.1) is 0 Å². The fourth-order valence-electron chi connectivity index (χ4n) is 3.21. The molecule has 1 atom stereocenters. The summed E-state index contributed by atoms with van der Waals surface area (Å²) in [6.07, 6.45) is 6.57. The van der Waals surface area contributed by atoms with Gasteiger partial charge in [0, 0.05) is 31.8 Å². The zero-order valence-electron chi connectivity index (χ0n) is 17.0. The quantitative estimate of drug-likeness (QED) is 0.274. The molecule has 0 aliphatic heterocycles. The van der Waals surface area contributed by atoms with Crippen LogP contribution in [0.25, 0.3) is 0 Å². The van der Waals surface area contributed by atoms with E-state index in [0.29, 0.717) is 31.8 Å². The molecule has 1 unspecified atom stereocenters. The van der Waals surface area contributed by atoms with Crippen molar-refractivity contribution >= 4 is 11.9 Å². The van der Waals surface area contributed by atoms with Crippen LogP contribution in [-0.4, -0.2) is 80.7 Å². The van der Waals surface area contributed by atoms with E-state index in [0.717, 1.165) is 18.4 Å². The lowest BCUT2D eigenvalue weighted by Crippen LogP contribution is -2.33. The third-order valence-electron chi connectivity index (χ3n) is 4.64. The molecule has 0 spiro atoms. The van der Waals surface area contributed by atoms with Crippen molar-refractivity contribution in [2.45, 2.75) is 38.2 Å². The molecule has 30 heavy (non-hydrogen) atoms. The van der Waals surface area contributed by atoms with Crippen molar-refractivity contribution in [3.8, 4) is 0 Å². The van der Waals surface area contributed by atoms with E-state index in [1.54, 1.807) is 0 Å². The van der Waals surface area contributed by atoms with Gasteiger partial charge in [0.15, 0.2) is 0 Å². The Hall–Kier alpha value is -2.30. The number of carboxylic acids is 2. The summed E-state index contributed by atoms with van der Waals surface area (Å²) >= 11 is 0. The number of carbonyl (C=O) groups is 2. The van der Waals surface area contributed by atoms with E-state index in [1.165, 1.54) is 30.4 Å². The Morgan fingerprint density at radius 1 is 0.933 bits per heavy atom. The molecular formula is C21H33NO8. The summed E-state index contributed by atoms with van der Waals surface area (Å²) in [5, 5.41) is 44.1. The number of hydrogen-bond donors (Lipinski definition) is 5. The highest BCUT2D eigenvalue weighted by Gasteiger charge is 2.15. The van der Waals surface area contributed by atoms with Crippen LogP contribution in [0.15, 0.2) is 30.4 Å². The van der Waals surface area contributed by atoms with E-state index < -0.39 is 18.0 Å². The molecule has 0 saturated carbocycles. The minimum Gasteiger partial charge on any atom is -0.478 e. The Labute approximate surface area is 176 Å². The van der Waals surface area contributed by atoms with Crippen LogP contribution in [0.1, 0.15) is 42.1 Å². The Morgan fingerprint density at radius 3 is 1.97 bits per heavy atom. The molecule has 1 aromatic rings. The van der Waals surface area contributed by atoms with Crippen molar-refractivity contribution in [3.63, 3.8) is 0 Å². The monoisotopic (exact) mass is 427 g/mol. The maximum absolute atomic E-state index is 10.4. The fourth-order valence-corrected chi connectivity index (χ4v) is 3.21. The maximum atomic E-state index is 10.4. The molecular weight excluding hydrogens is 394 g/mol. The fraction of sp³-hybridized carbons (Fsp3) is 0.524. The number of fused-ring (bicyclic) bond motifs is 1. The third kappa shape index (κ3) is 11.0. The van der Waals surface area contributed by atoms with Gasteiger partial charge in [-0.3, -0.25) is 4.90 Å². The number of nitrogens with zero attached hydrogens (tertiary/aromatic N) is 1. The predicted molar refractivity (Wildman–Crippen MR) is 111 cm³/mol. The Balaban J connectivity index is 0.000000801. The minimum atomic E-state index is -1.26. The van der Waals surface area contributed by atoms with Gasteiger partial charge >= 0.3 is 11.9 Å². The molecule has 2 rings (SSSR count). The van der Waals surface area contributed by atoms with Crippen molar-refractivity contribution in [1.29, 1.82) is 0 Å². The van der Waals surface area contributed by atoms with E-state index in [1.807, 2.05) is 11.0 Å². The van der Waals surface area contributed by atoms with Gasteiger partial charge in [-0.1, -0.05) is 24.6 Å². The number of aryl methyl sites for hydroxylation is 2. The van der Waals surface area contributed by atoms with Crippen molar-refractivity contribution in [2.75, 3.05) is 32.8 Å². The van der Waals surface area contributed by atoms with Gasteiger partial charge in [-0.15, -0.1) is 0 Å². The SMILES string of the molecule is O.O=C(O)/C=C\C(=O)O.OCCN(CCO)CC(O)c1ccc2c(c1)CCCCC2. The number of benzene rings is 1. The highest BCUT2D eigenvalue weighted by Crippen LogP contribution is 2.24. The average molecular weight is 427 g/mol. The maximum Gasteiger partial charge on any atom is 0.328 e. The second kappa shape index (κ2) is 15.5.